The molecule has 1 aromatic carbocycles. The Kier molecular flexibility index (Phi) is 7.54. The number of nitrogens with one attached hydrogen (secondary N) is 1. The van der Waals surface area contributed by atoms with Crippen LogP contribution in [0.15, 0.2) is 30.7 Å². The molecule has 1 saturated heterocycles. The highest BCUT2D eigenvalue weighted by atomic mass is 32.1. The van der Waals surface area contributed by atoms with Gasteiger partial charge >= 0.3 is 6.18 Å². The molecule has 0 bridgehead atoms. The molecule has 5 rings (SSSR count). The summed E-state index contributed by atoms with van der Waals surface area (Å²) in [6.45, 7) is 5.22. The SMILES string of the molecule is Cc1cnc(-c2cc(C(=O)N[C@H](C)c3cnc(C(F)(F)F)nc3)cc3c2OCCN3C(=O)C2CCOCC2)s1. The van der Waals surface area contributed by atoms with Crippen molar-refractivity contribution in [2.75, 3.05) is 31.3 Å². The molecular formula is C26H26F3N5O4S. The number of carbonyl (C=O) groups is 2. The molecule has 9 nitrogen and oxygen atoms in total. The molecule has 2 aliphatic heterocycles. The first-order valence-corrected chi connectivity index (χ1v) is 13.3. The maximum atomic E-state index is 13.5. The van der Waals surface area contributed by atoms with Gasteiger partial charge < -0.3 is 19.7 Å². The van der Waals surface area contributed by atoms with E-state index >= 15 is 0 Å². The van der Waals surface area contributed by atoms with Crippen LogP contribution in [0.4, 0.5) is 18.9 Å². The van der Waals surface area contributed by atoms with Gasteiger partial charge in [-0.15, -0.1) is 11.3 Å². The molecule has 2 aromatic heterocycles. The van der Waals surface area contributed by atoms with Crippen molar-refractivity contribution in [1.29, 1.82) is 0 Å². The predicted octanol–water partition coefficient (Wildman–Crippen LogP) is 4.57. The average molecular weight is 562 g/mol. The molecule has 0 spiro atoms. The number of anilines is 1. The Bertz CT molecular complexity index is 1370. The number of aryl methyl sites for hydroxylation is 1. The molecule has 4 heterocycles. The summed E-state index contributed by atoms with van der Waals surface area (Å²) in [7, 11) is 0. The summed E-state index contributed by atoms with van der Waals surface area (Å²) in [5, 5.41) is 3.43. The standard InChI is InChI=1S/C26H26F3N5O4S/c1-14-11-30-23(39-14)19-9-17(22(35)33-15(2)18-12-31-25(32-13-18)26(27,28)29)10-20-21(19)38-8-5-34(20)24(36)16-3-6-37-7-4-16/h9-13,15-16H,3-8H2,1-2H3,(H,33,35)/t15-/m1/s1. The number of aromatic nitrogens is 3. The zero-order valence-corrected chi connectivity index (χ0v) is 22.1. The van der Waals surface area contributed by atoms with Gasteiger partial charge in [0.2, 0.25) is 11.7 Å². The van der Waals surface area contributed by atoms with Crippen molar-refractivity contribution < 1.29 is 32.2 Å². The van der Waals surface area contributed by atoms with Gasteiger partial charge in [0.05, 0.1) is 23.8 Å². The van der Waals surface area contributed by atoms with Crippen LogP contribution in [0.25, 0.3) is 10.6 Å². The lowest BCUT2D eigenvalue weighted by Crippen LogP contribution is -2.43. The van der Waals surface area contributed by atoms with E-state index in [1.807, 2.05) is 6.92 Å². The quantitative estimate of drug-likeness (QED) is 0.486. The Morgan fingerprint density at radius 2 is 1.82 bits per heavy atom. The number of benzene rings is 1. The number of ether oxygens (including phenoxy) is 2. The summed E-state index contributed by atoms with van der Waals surface area (Å²) in [6, 6.07) is 2.59. The smallest absolute Gasteiger partial charge is 0.451 e. The number of thiazole rings is 1. The first-order chi connectivity index (χ1) is 18.6. The fourth-order valence-corrected chi connectivity index (χ4v) is 5.34. The Labute approximate surface area is 226 Å². The van der Waals surface area contributed by atoms with Crippen molar-refractivity contribution >= 4 is 28.8 Å². The Morgan fingerprint density at radius 1 is 1.10 bits per heavy atom. The molecule has 206 valence electrons. The van der Waals surface area contributed by atoms with Crippen LogP contribution in [0.5, 0.6) is 5.75 Å². The highest BCUT2D eigenvalue weighted by Gasteiger charge is 2.35. The minimum absolute atomic E-state index is 0.0445. The van der Waals surface area contributed by atoms with Gasteiger partial charge in [-0.1, -0.05) is 0 Å². The second-order valence-corrected chi connectivity index (χ2v) is 10.6. The Balaban J connectivity index is 1.47. The van der Waals surface area contributed by atoms with E-state index in [9.17, 15) is 22.8 Å². The first-order valence-electron chi connectivity index (χ1n) is 12.4. The second kappa shape index (κ2) is 10.9. The van der Waals surface area contributed by atoms with Crippen molar-refractivity contribution in [2.24, 2.45) is 5.92 Å². The molecule has 2 aliphatic rings. The summed E-state index contributed by atoms with van der Waals surface area (Å²) in [5.74, 6) is -1.48. The topological polar surface area (TPSA) is 107 Å². The van der Waals surface area contributed by atoms with E-state index in [-0.39, 0.29) is 17.4 Å². The van der Waals surface area contributed by atoms with Crippen LogP contribution in [-0.2, 0) is 15.7 Å². The molecule has 1 atom stereocenters. The molecule has 1 fully saturated rings. The maximum Gasteiger partial charge on any atom is 0.451 e. The minimum Gasteiger partial charge on any atom is -0.489 e. The molecular weight excluding hydrogens is 535 g/mol. The van der Waals surface area contributed by atoms with Gasteiger partial charge in [0.25, 0.3) is 5.91 Å². The summed E-state index contributed by atoms with van der Waals surface area (Å²) in [4.78, 5) is 40.8. The van der Waals surface area contributed by atoms with Gasteiger partial charge in [-0.3, -0.25) is 9.59 Å². The van der Waals surface area contributed by atoms with Crippen LogP contribution in [-0.4, -0.2) is 53.1 Å². The molecule has 39 heavy (non-hydrogen) atoms. The highest BCUT2D eigenvalue weighted by molar-refractivity contribution is 7.15. The Hall–Kier alpha value is -3.58. The predicted molar refractivity (Wildman–Crippen MR) is 137 cm³/mol. The van der Waals surface area contributed by atoms with E-state index in [2.05, 4.69) is 20.3 Å². The normalized spacial score (nSPS) is 16.8. The van der Waals surface area contributed by atoms with Crippen LogP contribution >= 0.6 is 11.3 Å². The van der Waals surface area contributed by atoms with Gasteiger partial charge in [-0.2, -0.15) is 13.2 Å². The molecule has 0 aliphatic carbocycles. The van der Waals surface area contributed by atoms with E-state index in [0.717, 1.165) is 17.3 Å². The zero-order valence-electron chi connectivity index (χ0n) is 21.2. The number of alkyl halides is 3. The van der Waals surface area contributed by atoms with E-state index in [1.165, 1.54) is 11.3 Å². The Morgan fingerprint density at radius 3 is 2.46 bits per heavy atom. The molecule has 3 aromatic rings. The third-order valence-electron chi connectivity index (χ3n) is 6.64. The first kappa shape index (κ1) is 27.0. The zero-order chi connectivity index (χ0) is 27.7. The van der Waals surface area contributed by atoms with Crippen molar-refractivity contribution in [2.45, 2.75) is 38.9 Å². The number of carbonyl (C=O) groups excluding carboxylic acids is 2. The van der Waals surface area contributed by atoms with Crippen molar-refractivity contribution in [1.82, 2.24) is 20.3 Å². The number of amides is 2. The van der Waals surface area contributed by atoms with Crippen molar-refractivity contribution in [3.8, 4) is 16.3 Å². The molecule has 0 unspecified atom stereocenters. The molecule has 0 radical (unpaired) electrons. The van der Waals surface area contributed by atoms with Crippen LogP contribution in [0, 0.1) is 12.8 Å². The molecule has 1 N–H and O–H groups in total. The summed E-state index contributed by atoms with van der Waals surface area (Å²) in [5.41, 5.74) is 1.64. The number of rotatable bonds is 5. The van der Waals surface area contributed by atoms with Crippen LogP contribution < -0.4 is 15.0 Å². The van der Waals surface area contributed by atoms with E-state index < -0.39 is 23.9 Å². The average Bonchev–Trinajstić information content (AvgIpc) is 3.37. The van der Waals surface area contributed by atoms with Crippen LogP contribution in [0.3, 0.4) is 0 Å². The monoisotopic (exact) mass is 561 g/mol. The van der Waals surface area contributed by atoms with E-state index in [0.29, 0.717) is 66.8 Å². The number of fused-ring (bicyclic) bond motifs is 1. The van der Waals surface area contributed by atoms with Gasteiger partial charge in [0.15, 0.2) is 5.75 Å². The lowest BCUT2D eigenvalue weighted by Gasteiger charge is -2.34. The lowest BCUT2D eigenvalue weighted by molar-refractivity contribution is -0.145. The summed E-state index contributed by atoms with van der Waals surface area (Å²) >= 11 is 1.43. The maximum absolute atomic E-state index is 13.5. The third-order valence-corrected chi connectivity index (χ3v) is 7.59. The highest BCUT2D eigenvalue weighted by Crippen LogP contribution is 2.44. The minimum atomic E-state index is -4.66. The number of halogens is 3. The molecule has 0 saturated carbocycles. The number of hydrogen-bond acceptors (Lipinski definition) is 8. The van der Waals surface area contributed by atoms with Crippen LogP contribution in [0.1, 0.15) is 52.4 Å². The second-order valence-electron chi connectivity index (χ2n) is 9.41. The lowest BCUT2D eigenvalue weighted by atomic mass is 9.97. The van der Waals surface area contributed by atoms with E-state index in [1.54, 1.807) is 30.2 Å². The van der Waals surface area contributed by atoms with Crippen LogP contribution in [0.2, 0.25) is 0 Å². The van der Waals surface area contributed by atoms with Gasteiger partial charge in [-0.05, 0) is 38.8 Å². The van der Waals surface area contributed by atoms with Crippen molar-refractivity contribution in [3.63, 3.8) is 0 Å². The fraction of sp³-hybridized carbons (Fsp3) is 0.423. The van der Waals surface area contributed by atoms with Gasteiger partial charge in [0.1, 0.15) is 11.6 Å². The fourth-order valence-electron chi connectivity index (χ4n) is 4.56. The number of hydrogen-bond donors (Lipinski definition) is 1. The van der Waals surface area contributed by atoms with E-state index in [4.69, 9.17) is 9.47 Å². The van der Waals surface area contributed by atoms with Gasteiger partial charge in [-0.25, -0.2) is 15.0 Å². The summed E-state index contributed by atoms with van der Waals surface area (Å²) < 4.78 is 49.9. The van der Waals surface area contributed by atoms with Gasteiger partial charge in [0, 0.05) is 53.7 Å². The molecule has 2 amide bonds. The third kappa shape index (κ3) is 5.74. The largest absolute Gasteiger partial charge is 0.489 e. The summed E-state index contributed by atoms with van der Waals surface area (Å²) in [6.07, 6.45) is 0.390. The number of nitrogens with zero attached hydrogens (tertiary/aromatic N) is 4. The van der Waals surface area contributed by atoms with Crippen molar-refractivity contribution in [3.05, 3.63) is 52.6 Å². The molecule has 13 heteroatoms.